The highest BCUT2D eigenvalue weighted by atomic mass is 16.5. The van der Waals surface area contributed by atoms with Crippen LogP contribution in [0.15, 0.2) is 23.8 Å². The van der Waals surface area contributed by atoms with Crippen molar-refractivity contribution in [2.75, 3.05) is 6.61 Å². The van der Waals surface area contributed by atoms with Gasteiger partial charge in [-0.05, 0) is 119 Å². The molecule has 0 spiro atoms. The molecule has 3 heteroatoms. The van der Waals surface area contributed by atoms with Crippen molar-refractivity contribution in [2.24, 2.45) is 35.5 Å². The molecule has 0 aromatic carbocycles. The summed E-state index contributed by atoms with van der Waals surface area (Å²) in [7, 11) is 0. The highest BCUT2D eigenvalue weighted by Gasteiger charge is 2.34. The molecule has 3 fully saturated rings. The zero-order valence-corrected chi connectivity index (χ0v) is 23.2. The molecule has 36 heavy (non-hydrogen) atoms. The number of rotatable bonds is 10. The summed E-state index contributed by atoms with van der Waals surface area (Å²) in [6.45, 7) is 5.59. The first kappa shape index (κ1) is 27.9. The first-order chi connectivity index (χ1) is 17.6. The maximum absolute atomic E-state index is 11.9. The molecule has 0 bridgehead atoms. The van der Waals surface area contributed by atoms with Crippen molar-refractivity contribution in [3.63, 3.8) is 0 Å². The third kappa shape index (κ3) is 7.71. The smallest absolute Gasteiger partial charge is 0.336 e. The largest absolute Gasteiger partial charge is 0.459 e. The first-order valence-corrected chi connectivity index (χ1v) is 15.8. The molecule has 0 aromatic rings. The number of unbranched alkanes of at least 4 members (excludes halogenated alkanes) is 2. The molecule has 4 rings (SSSR count). The molecule has 4 aliphatic rings. The Bertz CT molecular complexity index is 715. The van der Waals surface area contributed by atoms with Crippen molar-refractivity contribution in [1.29, 1.82) is 0 Å². The van der Waals surface area contributed by atoms with Crippen molar-refractivity contribution >= 4 is 5.97 Å². The van der Waals surface area contributed by atoms with Gasteiger partial charge in [-0.25, -0.2) is 4.79 Å². The molecule has 0 radical (unpaired) electrons. The van der Waals surface area contributed by atoms with Gasteiger partial charge in [0.2, 0.25) is 0 Å². The summed E-state index contributed by atoms with van der Waals surface area (Å²) in [6.07, 6.45) is 28.6. The molecule has 4 aliphatic carbocycles. The topological polar surface area (TPSA) is 46.5 Å². The third-order valence-corrected chi connectivity index (χ3v) is 10.7. The van der Waals surface area contributed by atoms with Crippen LogP contribution in [-0.2, 0) is 9.53 Å². The van der Waals surface area contributed by atoms with E-state index in [4.69, 9.17) is 9.84 Å². The standard InChI is InChI=1S/C33H54O3/c1-3-4-5-6-25-7-9-26(10-8-25)27-11-13-28(14-12-27)29-15-17-30(18-16-29)31-19-21-32(22-20-31)36-33(35)24(2)23-34/h13,25-27,29-32,34H,2-12,14-23H2,1H3. The van der Waals surface area contributed by atoms with Gasteiger partial charge in [0, 0.05) is 0 Å². The van der Waals surface area contributed by atoms with Crippen molar-refractivity contribution in [3.8, 4) is 0 Å². The molecular formula is C33H54O3. The minimum atomic E-state index is -0.417. The predicted molar refractivity (Wildman–Crippen MR) is 149 cm³/mol. The fraction of sp³-hybridized carbons (Fsp3) is 0.848. The molecule has 0 aliphatic heterocycles. The van der Waals surface area contributed by atoms with Crippen molar-refractivity contribution in [1.82, 2.24) is 0 Å². The van der Waals surface area contributed by atoms with Crippen molar-refractivity contribution < 1.29 is 14.6 Å². The average Bonchev–Trinajstić information content (AvgIpc) is 2.94. The summed E-state index contributed by atoms with van der Waals surface area (Å²) >= 11 is 0. The molecular weight excluding hydrogens is 444 g/mol. The van der Waals surface area contributed by atoms with E-state index in [1.54, 1.807) is 0 Å². The van der Waals surface area contributed by atoms with E-state index in [9.17, 15) is 4.79 Å². The number of allylic oxidation sites excluding steroid dienone is 2. The van der Waals surface area contributed by atoms with Crippen LogP contribution < -0.4 is 0 Å². The number of aliphatic hydroxyl groups is 1. The van der Waals surface area contributed by atoms with E-state index in [1.165, 1.54) is 109 Å². The Morgan fingerprint density at radius 2 is 1.47 bits per heavy atom. The van der Waals surface area contributed by atoms with E-state index in [2.05, 4.69) is 19.6 Å². The van der Waals surface area contributed by atoms with Crippen molar-refractivity contribution in [2.45, 2.75) is 135 Å². The number of carbonyl (C=O) groups is 1. The number of esters is 1. The monoisotopic (exact) mass is 498 g/mol. The van der Waals surface area contributed by atoms with Crippen LogP contribution in [0.4, 0.5) is 0 Å². The van der Waals surface area contributed by atoms with Crippen molar-refractivity contribution in [3.05, 3.63) is 23.8 Å². The second-order valence-electron chi connectivity index (χ2n) is 12.9. The number of hydrogen-bond acceptors (Lipinski definition) is 3. The predicted octanol–water partition coefficient (Wildman–Crippen LogP) is 8.56. The SMILES string of the molecule is C=C(CO)C(=O)OC1CCC(C2CCC(C3=CCC(C4CCC(CCCCC)CC4)CC3)CC2)CC1. The molecule has 3 saturated carbocycles. The fourth-order valence-corrected chi connectivity index (χ4v) is 8.24. The molecule has 0 amide bonds. The highest BCUT2D eigenvalue weighted by Crippen LogP contribution is 2.46. The number of hydrogen-bond donors (Lipinski definition) is 1. The van der Waals surface area contributed by atoms with E-state index in [1.807, 2.05) is 5.57 Å². The van der Waals surface area contributed by atoms with E-state index >= 15 is 0 Å². The Balaban J connectivity index is 1.13. The molecule has 1 unspecified atom stereocenters. The average molecular weight is 499 g/mol. The third-order valence-electron chi connectivity index (χ3n) is 10.7. The van der Waals surface area contributed by atoms with Gasteiger partial charge in [0.15, 0.2) is 0 Å². The maximum atomic E-state index is 11.9. The van der Waals surface area contributed by atoms with E-state index in [-0.39, 0.29) is 18.3 Å². The second kappa shape index (κ2) is 14.2. The lowest BCUT2D eigenvalue weighted by Gasteiger charge is -2.40. The second-order valence-corrected chi connectivity index (χ2v) is 12.9. The molecule has 1 atom stereocenters. The van der Waals surface area contributed by atoms with Gasteiger partial charge in [-0.2, -0.15) is 0 Å². The van der Waals surface area contributed by atoms with Gasteiger partial charge in [0.25, 0.3) is 0 Å². The maximum Gasteiger partial charge on any atom is 0.336 e. The quantitative estimate of drug-likeness (QED) is 0.142. The Morgan fingerprint density at radius 1 is 0.861 bits per heavy atom. The lowest BCUT2D eigenvalue weighted by Crippen LogP contribution is -2.30. The van der Waals surface area contributed by atoms with Gasteiger partial charge < -0.3 is 9.84 Å². The lowest BCUT2D eigenvalue weighted by atomic mass is 9.66. The zero-order valence-electron chi connectivity index (χ0n) is 23.2. The molecule has 3 nitrogen and oxygen atoms in total. The molecule has 0 aromatic heterocycles. The summed E-state index contributed by atoms with van der Waals surface area (Å²) in [5.41, 5.74) is 1.99. The fourth-order valence-electron chi connectivity index (χ4n) is 8.24. The van der Waals surface area contributed by atoms with E-state index in [0.717, 1.165) is 48.3 Å². The van der Waals surface area contributed by atoms with Crippen LogP contribution in [0.1, 0.15) is 129 Å². The van der Waals surface area contributed by atoms with Gasteiger partial charge in [-0.15, -0.1) is 0 Å². The Kier molecular flexibility index (Phi) is 11.0. The van der Waals surface area contributed by atoms with Gasteiger partial charge in [0.1, 0.15) is 6.10 Å². The molecule has 204 valence electrons. The number of aliphatic hydroxyl groups excluding tert-OH is 1. The summed E-state index contributed by atoms with van der Waals surface area (Å²) < 4.78 is 5.55. The lowest BCUT2D eigenvalue weighted by molar-refractivity contribution is -0.146. The number of carbonyl (C=O) groups excluding carboxylic acids is 1. The van der Waals surface area contributed by atoms with Crippen LogP contribution in [0.5, 0.6) is 0 Å². The molecule has 0 saturated heterocycles. The summed E-state index contributed by atoms with van der Waals surface area (Å²) in [5.74, 6) is 5.14. The Hall–Kier alpha value is -1.09. The van der Waals surface area contributed by atoms with Gasteiger partial charge in [0.05, 0.1) is 12.2 Å². The van der Waals surface area contributed by atoms with Gasteiger partial charge in [-0.1, -0.05) is 63.7 Å². The van der Waals surface area contributed by atoms with Crippen LogP contribution in [0.25, 0.3) is 0 Å². The van der Waals surface area contributed by atoms with Crippen LogP contribution in [0.2, 0.25) is 0 Å². The number of ether oxygens (including phenoxy) is 1. The Morgan fingerprint density at radius 3 is 2.06 bits per heavy atom. The summed E-state index contributed by atoms with van der Waals surface area (Å²) in [6, 6.07) is 0. The zero-order chi connectivity index (χ0) is 25.3. The van der Waals surface area contributed by atoms with E-state index < -0.39 is 5.97 Å². The van der Waals surface area contributed by atoms with Crippen LogP contribution in [0.3, 0.4) is 0 Å². The summed E-state index contributed by atoms with van der Waals surface area (Å²) in [5, 5.41) is 9.07. The van der Waals surface area contributed by atoms with Gasteiger partial charge in [-0.3, -0.25) is 0 Å². The highest BCUT2D eigenvalue weighted by molar-refractivity contribution is 5.88. The van der Waals surface area contributed by atoms with Crippen LogP contribution in [-0.4, -0.2) is 23.8 Å². The minimum Gasteiger partial charge on any atom is -0.459 e. The Labute approximate surface area is 221 Å². The minimum absolute atomic E-state index is 0.0184. The molecule has 0 heterocycles. The normalized spacial score (nSPS) is 35.6. The van der Waals surface area contributed by atoms with E-state index in [0.29, 0.717) is 0 Å². The van der Waals surface area contributed by atoms with Gasteiger partial charge >= 0.3 is 5.97 Å². The molecule has 1 N–H and O–H groups in total. The van der Waals surface area contributed by atoms with Crippen LogP contribution >= 0.6 is 0 Å². The summed E-state index contributed by atoms with van der Waals surface area (Å²) in [4.78, 5) is 11.9. The first-order valence-electron chi connectivity index (χ1n) is 15.8. The van der Waals surface area contributed by atoms with Crippen LogP contribution in [0, 0.1) is 35.5 Å².